The fraction of sp³-hybridized carbons (Fsp3) is 0.731. The molecule has 0 bridgehead atoms. The topological polar surface area (TPSA) is 232 Å². The van der Waals surface area contributed by atoms with E-state index < -0.39 is 42.8 Å². The molecule has 0 heterocycles. The van der Waals surface area contributed by atoms with E-state index in [0.717, 1.165) is 12.8 Å². The summed E-state index contributed by atoms with van der Waals surface area (Å²) in [5.41, 5.74) is 6.16. The van der Waals surface area contributed by atoms with Crippen molar-refractivity contribution in [1.29, 1.82) is 0 Å². The number of carbonyl (C=O) groups excluding carboxylic acids is 3. The Labute approximate surface area is 241 Å². The molecule has 15 nitrogen and oxygen atoms in total. The van der Waals surface area contributed by atoms with Crippen LogP contribution in [-0.2, 0) is 14.4 Å². The molecule has 0 rings (SSSR count). The Morgan fingerprint density at radius 2 is 1.20 bits per heavy atom. The number of hydrogen-bond donors (Lipinski definition) is 9. The number of aliphatic hydroxyl groups is 4. The average molecular weight is 591 g/mol. The van der Waals surface area contributed by atoms with Gasteiger partial charge in [-0.2, -0.15) is 0 Å². The van der Waals surface area contributed by atoms with E-state index in [0.29, 0.717) is 29.4 Å². The summed E-state index contributed by atoms with van der Waals surface area (Å²) in [5.74, 6) is -1.47. The zero-order valence-corrected chi connectivity index (χ0v) is 24.2. The lowest BCUT2D eigenvalue weighted by Crippen LogP contribution is -2.44. The fourth-order valence-corrected chi connectivity index (χ4v) is 3.36. The van der Waals surface area contributed by atoms with E-state index in [9.17, 15) is 45.2 Å². The molecule has 0 fully saturated rings. The molecule has 0 spiro atoms. The van der Waals surface area contributed by atoms with Crippen molar-refractivity contribution in [2.24, 2.45) is 5.73 Å². The summed E-state index contributed by atoms with van der Waals surface area (Å²) in [5, 5.41) is 66.5. The van der Waals surface area contributed by atoms with Crippen molar-refractivity contribution in [1.82, 2.24) is 25.7 Å². The molecular formula is C26H50N6O9. The number of unbranched alkanes of at least 4 members (excludes halogenated alkanes) is 2. The number of nitrogens with zero attached hydrogens (tertiary/aromatic N) is 3. The highest BCUT2D eigenvalue weighted by Gasteiger charge is 2.23. The quantitative estimate of drug-likeness (QED) is 0.0366. The summed E-state index contributed by atoms with van der Waals surface area (Å²) in [6, 6.07) is 0. The summed E-state index contributed by atoms with van der Waals surface area (Å²) in [4.78, 5) is 36.7. The summed E-state index contributed by atoms with van der Waals surface area (Å²) >= 11 is 0. The van der Waals surface area contributed by atoms with Crippen LogP contribution in [0.25, 0.3) is 0 Å². The number of hydroxylamine groups is 4. The second-order valence-corrected chi connectivity index (χ2v) is 9.98. The molecule has 0 aliphatic carbocycles. The Balaban J connectivity index is 4.27. The third-order valence-electron chi connectivity index (χ3n) is 6.30. The van der Waals surface area contributed by atoms with Gasteiger partial charge in [-0.15, -0.1) is 0 Å². The van der Waals surface area contributed by atoms with Gasteiger partial charge in [-0.05, 0) is 32.2 Å². The summed E-state index contributed by atoms with van der Waals surface area (Å²) < 4.78 is 0. The monoisotopic (exact) mass is 590 g/mol. The van der Waals surface area contributed by atoms with Crippen LogP contribution in [0.5, 0.6) is 0 Å². The molecule has 0 aliphatic heterocycles. The van der Waals surface area contributed by atoms with Gasteiger partial charge >= 0.3 is 0 Å². The molecule has 0 saturated carbocycles. The SMILES string of the molecule is C=C(CCC(=O)N(O)CC(O)C(O)CNC(=C)CCC(=O)N(O)CCCCCN)NCC(O)C(O)CN(C)C(C)=O. The Morgan fingerprint density at radius 3 is 1.66 bits per heavy atom. The second kappa shape index (κ2) is 21.0. The minimum absolute atomic E-state index is 0.00626. The van der Waals surface area contributed by atoms with Gasteiger partial charge in [0.2, 0.25) is 17.7 Å². The number of hydrogen-bond acceptors (Lipinski definition) is 12. The minimum atomic E-state index is -1.49. The van der Waals surface area contributed by atoms with Crippen molar-refractivity contribution in [3.63, 3.8) is 0 Å². The maximum Gasteiger partial charge on any atom is 0.246 e. The standard InChI is InChI=1S/C26H50N6O9/c1-18(8-10-25(38)31(40)13-7-5-6-12-27)29-15-22(35)24(37)17-32(41)26(39)11-9-19(2)28-14-21(34)23(36)16-30(4)20(3)33/h21-24,28-29,34-37,40-41H,1-2,5-17,27H2,3-4H3. The van der Waals surface area contributed by atoms with Crippen LogP contribution in [0.2, 0.25) is 0 Å². The van der Waals surface area contributed by atoms with E-state index in [1.165, 1.54) is 18.9 Å². The first-order valence-electron chi connectivity index (χ1n) is 13.6. The number of likely N-dealkylation sites (N-methyl/N-ethyl adjacent to an activating group) is 1. The van der Waals surface area contributed by atoms with Crippen LogP contribution in [0.3, 0.4) is 0 Å². The van der Waals surface area contributed by atoms with Gasteiger partial charge in [0.1, 0.15) is 6.10 Å². The molecule has 0 aliphatic rings. The van der Waals surface area contributed by atoms with Crippen molar-refractivity contribution < 1.29 is 45.2 Å². The molecule has 3 amide bonds. The highest BCUT2D eigenvalue weighted by Crippen LogP contribution is 2.07. The van der Waals surface area contributed by atoms with Crippen molar-refractivity contribution in [3.05, 3.63) is 24.6 Å². The largest absolute Gasteiger partial charge is 0.389 e. The van der Waals surface area contributed by atoms with E-state index in [2.05, 4.69) is 23.8 Å². The highest BCUT2D eigenvalue weighted by atomic mass is 16.5. The number of rotatable bonds is 23. The molecule has 0 radical (unpaired) electrons. The van der Waals surface area contributed by atoms with Gasteiger partial charge in [0, 0.05) is 64.4 Å². The van der Waals surface area contributed by atoms with E-state index in [1.54, 1.807) is 0 Å². The number of amides is 3. The lowest BCUT2D eigenvalue weighted by molar-refractivity contribution is -0.174. The van der Waals surface area contributed by atoms with Crippen molar-refractivity contribution in [2.45, 2.75) is 76.3 Å². The summed E-state index contributed by atoms with van der Waals surface area (Å²) in [7, 11) is 1.49. The van der Waals surface area contributed by atoms with E-state index in [4.69, 9.17) is 5.73 Å². The zero-order valence-electron chi connectivity index (χ0n) is 24.2. The molecule has 41 heavy (non-hydrogen) atoms. The van der Waals surface area contributed by atoms with Gasteiger partial charge in [0.25, 0.3) is 0 Å². The first-order valence-corrected chi connectivity index (χ1v) is 13.6. The predicted molar refractivity (Wildman–Crippen MR) is 150 cm³/mol. The molecule has 4 atom stereocenters. The molecule has 0 aromatic rings. The van der Waals surface area contributed by atoms with Crippen LogP contribution in [0.15, 0.2) is 24.6 Å². The van der Waals surface area contributed by atoms with Gasteiger partial charge in [0.15, 0.2) is 0 Å². The third-order valence-corrected chi connectivity index (χ3v) is 6.30. The van der Waals surface area contributed by atoms with E-state index >= 15 is 0 Å². The van der Waals surface area contributed by atoms with Crippen molar-refractivity contribution in [3.8, 4) is 0 Å². The maximum absolute atomic E-state index is 12.2. The minimum Gasteiger partial charge on any atom is -0.389 e. The summed E-state index contributed by atoms with van der Waals surface area (Å²) in [6.07, 6.45) is -2.90. The third kappa shape index (κ3) is 17.6. The number of nitrogens with two attached hydrogens (primary N) is 1. The lowest BCUT2D eigenvalue weighted by atomic mass is 10.1. The Morgan fingerprint density at radius 1 is 0.732 bits per heavy atom. The molecule has 0 aromatic carbocycles. The number of aliphatic hydroxyl groups excluding tert-OH is 4. The normalized spacial score (nSPS) is 13.9. The lowest BCUT2D eigenvalue weighted by Gasteiger charge is -2.24. The van der Waals surface area contributed by atoms with Crippen LogP contribution in [0.4, 0.5) is 0 Å². The molecule has 0 aromatic heterocycles. The smallest absolute Gasteiger partial charge is 0.246 e. The highest BCUT2D eigenvalue weighted by molar-refractivity contribution is 5.75. The van der Waals surface area contributed by atoms with Crippen molar-refractivity contribution >= 4 is 17.7 Å². The van der Waals surface area contributed by atoms with Crippen LogP contribution in [0.1, 0.15) is 51.9 Å². The van der Waals surface area contributed by atoms with Gasteiger partial charge in [-0.25, -0.2) is 10.1 Å². The van der Waals surface area contributed by atoms with Gasteiger partial charge < -0.3 is 41.7 Å². The van der Waals surface area contributed by atoms with Gasteiger partial charge in [-0.1, -0.05) is 19.6 Å². The molecule has 0 saturated heterocycles. The fourth-order valence-electron chi connectivity index (χ4n) is 3.36. The van der Waals surface area contributed by atoms with Crippen LogP contribution < -0.4 is 16.4 Å². The van der Waals surface area contributed by atoms with Crippen LogP contribution >= 0.6 is 0 Å². The summed E-state index contributed by atoms with van der Waals surface area (Å²) in [6.45, 7) is 8.71. The van der Waals surface area contributed by atoms with Crippen LogP contribution in [0, 0.1) is 0 Å². The Kier molecular flexibility index (Phi) is 19.6. The predicted octanol–water partition coefficient (Wildman–Crippen LogP) is -1.76. The van der Waals surface area contributed by atoms with Crippen molar-refractivity contribution in [2.75, 3.05) is 46.3 Å². The number of nitrogens with one attached hydrogen (secondary N) is 2. The second-order valence-electron chi connectivity index (χ2n) is 9.98. The molecule has 15 heteroatoms. The Hall–Kier alpha value is -2.79. The number of allylic oxidation sites excluding steroid dienone is 2. The van der Waals surface area contributed by atoms with Crippen LogP contribution in [-0.4, -0.2) is 134 Å². The first-order chi connectivity index (χ1) is 19.2. The average Bonchev–Trinajstić information content (AvgIpc) is 2.93. The van der Waals surface area contributed by atoms with Gasteiger partial charge in [0.05, 0.1) is 24.9 Å². The molecule has 10 N–H and O–H groups in total. The number of carbonyl (C=O) groups is 3. The van der Waals surface area contributed by atoms with Gasteiger partial charge in [-0.3, -0.25) is 24.8 Å². The molecule has 238 valence electrons. The maximum atomic E-state index is 12.2. The van der Waals surface area contributed by atoms with E-state index in [-0.39, 0.29) is 62.8 Å². The Bertz CT molecular complexity index is 831. The molecular weight excluding hydrogens is 540 g/mol. The first kappa shape index (κ1) is 38.2. The zero-order chi connectivity index (χ0) is 31.5. The van der Waals surface area contributed by atoms with E-state index in [1.807, 2.05) is 0 Å². The molecule has 4 unspecified atom stereocenters.